The Hall–Kier alpha value is -0.690. The summed E-state index contributed by atoms with van der Waals surface area (Å²) in [6, 6.07) is 2.13. The molecule has 0 saturated carbocycles. The van der Waals surface area contributed by atoms with Gasteiger partial charge in [0.15, 0.2) is 0 Å². The van der Waals surface area contributed by atoms with Gasteiger partial charge in [0.2, 0.25) is 0 Å². The van der Waals surface area contributed by atoms with Crippen LogP contribution in [-0.4, -0.2) is 30.5 Å². The van der Waals surface area contributed by atoms with E-state index in [0.717, 1.165) is 29.2 Å². The first-order valence-corrected chi connectivity index (χ1v) is 7.31. The van der Waals surface area contributed by atoms with Crippen LogP contribution >= 0.6 is 27.3 Å². The number of nitrogens with zero attached hydrogens (tertiary/aromatic N) is 1. The van der Waals surface area contributed by atoms with E-state index in [0.29, 0.717) is 0 Å². The van der Waals surface area contributed by atoms with Crippen molar-refractivity contribution in [3.63, 3.8) is 0 Å². The third-order valence-electron chi connectivity index (χ3n) is 2.67. The number of aryl methyl sites for hydroxylation is 1. The standard InChI is InChI=1S/C12H16BrN3OS/c1-8-10(5-11(13)18-8)12-9(7-15-16-12)6-14-3-4-17-2/h5,7,14H,3-4,6H2,1-2H3,(H,15,16). The number of ether oxygens (including phenoxy) is 1. The molecule has 2 aromatic heterocycles. The molecule has 0 unspecified atom stereocenters. The maximum absolute atomic E-state index is 5.01. The number of hydrogen-bond acceptors (Lipinski definition) is 4. The molecule has 0 spiro atoms. The quantitative estimate of drug-likeness (QED) is 0.801. The lowest BCUT2D eigenvalue weighted by Gasteiger charge is -2.04. The van der Waals surface area contributed by atoms with E-state index < -0.39 is 0 Å². The smallest absolute Gasteiger partial charge is 0.0708 e. The van der Waals surface area contributed by atoms with Crippen LogP contribution in [0, 0.1) is 6.92 Å². The summed E-state index contributed by atoms with van der Waals surface area (Å²) in [4.78, 5) is 1.28. The summed E-state index contributed by atoms with van der Waals surface area (Å²) in [7, 11) is 1.71. The molecule has 98 valence electrons. The Balaban J connectivity index is 2.10. The molecule has 0 fully saturated rings. The topological polar surface area (TPSA) is 49.9 Å². The van der Waals surface area contributed by atoms with Crippen LogP contribution in [0.4, 0.5) is 0 Å². The van der Waals surface area contributed by atoms with Crippen molar-refractivity contribution >= 4 is 27.3 Å². The molecule has 2 aromatic rings. The Morgan fingerprint density at radius 3 is 3.06 bits per heavy atom. The Bertz CT molecular complexity index is 509. The zero-order chi connectivity index (χ0) is 13.0. The largest absolute Gasteiger partial charge is 0.383 e. The number of rotatable bonds is 6. The molecule has 2 heterocycles. The molecule has 18 heavy (non-hydrogen) atoms. The van der Waals surface area contributed by atoms with Gasteiger partial charge in [-0.05, 0) is 28.9 Å². The van der Waals surface area contributed by atoms with Crippen LogP contribution in [0.1, 0.15) is 10.4 Å². The Kier molecular flexibility index (Phi) is 4.94. The number of aromatic amines is 1. The summed E-state index contributed by atoms with van der Waals surface area (Å²) in [6.45, 7) is 4.47. The van der Waals surface area contributed by atoms with Gasteiger partial charge < -0.3 is 10.1 Å². The van der Waals surface area contributed by atoms with Crippen molar-refractivity contribution in [3.8, 4) is 11.3 Å². The van der Waals surface area contributed by atoms with E-state index in [9.17, 15) is 0 Å². The highest BCUT2D eigenvalue weighted by molar-refractivity contribution is 9.11. The van der Waals surface area contributed by atoms with Crippen molar-refractivity contribution in [2.45, 2.75) is 13.5 Å². The molecule has 0 aliphatic carbocycles. The summed E-state index contributed by atoms with van der Waals surface area (Å²) >= 11 is 5.25. The number of H-pyrrole nitrogens is 1. The van der Waals surface area contributed by atoms with Crippen LogP contribution in [0.5, 0.6) is 0 Å². The molecule has 2 N–H and O–H groups in total. The highest BCUT2D eigenvalue weighted by atomic mass is 79.9. The predicted octanol–water partition coefficient (Wildman–Crippen LogP) is 2.95. The van der Waals surface area contributed by atoms with Gasteiger partial charge in [0.05, 0.1) is 22.3 Å². The first kappa shape index (κ1) is 13.7. The first-order chi connectivity index (χ1) is 8.72. The Morgan fingerprint density at radius 1 is 1.56 bits per heavy atom. The molecule has 6 heteroatoms. The lowest BCUT2D eigenvalue weighted by molar-refractivity contribution is 0.199. The second kappa shape index (κ2) is 6.47. The number of methoxy groups -OCH3 is 1. The fourth-order valence-electron chi connectivity index (χ4n) is 1.77. The summed E-state index contributed by atoms with van der Waals surface area (Å²) in [6.07, 6.45) is 1.88. The minimum Gasteiger partial charge on any atom is -0.383 e. The van der Waals surface area contributed by atoms with Crippen molar-refractivity contribution in [1.29, 1.82) is 0 Å². The van der Waals surface area contributed by atoms with E-state index in [1.54, 1.807) is 18.4 Å². The number of nitrogens with one attached hydrogen (secondary N) is 2. The molecule has 0 atom stereocenters. The first-order valence-electron chi connectivity index (χ1n) is 5.70. The average Bonchev–Trinajstić information content (AvgIpc) is 2.91. The fraction of sp³-hybridized carbons (Fsp3) is 0.417. The number of hydrogen-bond donors (Lipinski definition) is 2. The molecule has 0 aliphatic heterocycles. The number of thiophene rings is 1. The van der Waals surface area contributed by atoms with Gasteiger partial charge >= 0.3 is 0 Å². The van der Waals surface area contributed by atoms with Crippen LogP contribution < -0.4 is 5.32 Å². The molecule has 2 rings (SSSR count). The molecule has 0 bridgehead atoms. The third-order valence-corrected chi connectivity index (χ3v) is 4.23. The second-order valence-corrected chi connectivity index (χ2v) is 6.60. The van der Waals surface area contributed by atoms with Crippen molar-refractivity contribution in [2.24, 2.45) is 0 Å². The van der Waals surface area contributed by atoms with E-state index in [-0.39, 0.29) is 0 Å². The zero-order valence-electron chi connectivity index (χ0n) is 10.4. The van der Waals surface area contributed by atoms with Crippen molar-refractivity contribution in [2.75, 3.05) is 20.3 Å². The SMILES string of the molecule is COCCNCc1cn[nH]c1-c1cc(Br)sc1C. The van der Waals surface area contributed by atoms with E-state index in [2.05, 4.69) is 44.4 Å². The van der Waals surface area contributed by atoms with Gasteiger partial charge in [-0.15, -0.1) is 11.3 Å². The van der Waals surface area contributed by atoms with Gasteiger partial charge in [0, 0.05) is 36.2 Å². The maximum atomic E-state index is 5.01. The van der Waals surface area contributed by atoms with Crippen LogP contribution in [0.3, 0.4) is 0 Å². The summed E-state index contributed by atoms with van der Waals surface area (Å²) in [5.74, 6) is 0. The van der Waals surface area contributed by atoms with Crippen LogP contribution in [-0.2, 0) is 11.3 Å². The van der Waals surface area contributed by atoms with Crippen LogP contribution in [0.2, 0.25) is 0 Å². The van der Waals surface area contributed by atoms with E-state index >= 15 is 0 Å². The fourth-order valence-corrected chi connectivity index (χ4v) is 3.47. The minimum absolute atomic E-state index is 0.718. The van der Waals surface area contributed by atoms with Crippen LogP contribution in [0.15, 0.2) is 16.0 Å². The van der Waals surface area contributed by atoms with Gasteiger partial charge in [0.1, 0.15) is 0 Å². The lowest BCUT2D eigenvalue weighted by atomic mass is 10.1. The van der Waals surface area contributed by atoms with Gasteiger partial charge in [-0.1, -0.05) is 0 Å². The van der Waals surface area contributed by atoms with E-state index in [4.69, 9.17) is 4.74 Å². The lowest BCUT2D eigenvalue weighted by Crippen LogP contribution is -2.18. The molecule has 0 saturated heterocycles. The summed E-state index contributed by atoms with van der Waals surface area (Å²) < 4.78 is 6.15. The van der Waals surface area contributed by atoms with Gasteiger partial charge in [-0.3, -0.25) is 5.10 Å². The van der Waals surface area contributed by atoms with Crippen molar-refractivity contribution in [1.82, 2.24) is 15.5 Å². The van der Waals surface area contributed by atoms with Gasteiger partial charge in [-0.25, -0.2) is 0 Å². The molecule has 0 amide bonds. The van der Waals surface area contributed by atoms with Gasteiger partial charge in [0.25, 0.3) is 0 Å². The molecule has 0 aromatic carbocycles. The normalized spacial score (nSPS) is 11.1. The molecule has 0 radical (unpaired) electrons. The van der Waals surface area contributed by atoms with Crippen LogP contribution in [0.25, 0.3) is 11.3 Å². The third kappa shape index (κ3) is 3.20. The highest BCUT2D eigenvalue weighted by Gasteiger charge is 2.12. The highest BCUT2D eigenvalue weighted by Crippen LogP contribution is 2.34. The van der Waals surface area contributed by atoms with E-state index in [1.165, 1.54) is 16.0 Å². The van der Waals surface area contributed by atoms with E-state index in [1.807, 2.05) is 6.20 Å². The van der Waals surface area contributed by atoms with Gasteiger partial charge in [-0.2, -0.15) is 5.10 Å². The number of halogens is 1. The molecule has 4 nitrogen and oxygen atoms in total. The van der Waals surface area contributed by atoms with Crippen molar-refractivity contribution in [3.05, 3.63) is 26.5 Å². The zero-order valence-corrected chi connectivity index (χ0v) is 12.8. The number of aromatic nitrogens is 2. The average molecular weight is 330 g/mol. The predicted molar refractivity (Wildman–Crippen MR) is 77.9 cm³/mol. The molecule has 0 aliphatic rings. The second-order valence-electron chi connectivity index (χ2n) is 3.96. The maximum Gasteiger partial charge on any atom is 0.0708 e. The van der Waals surface area contributed by atoms with Crippen molar-refractivity contribution < 1.29 is 4.74 Å². The minimum atomic E-state index is 0.718. The Labute approximate surface area is 119 Å². The molecular weight excluding hydrogens is 314 g/mol. The summed E-state index contributed by atoms with van der Waals surface area (Å²) in [5.41, 5.74) is 3.49. The molecular formula is C12H16BrN3OS. The monoisotopic (exact) mass is 329 g/mol. The summed E-state index contributed by atoms with van der Waals surface area (Å²) in [5, 5.41) is 10.6. The Morgan fingerprint density at radius 2 is 2.39 bits per heavy atom.